The molecule has 1 amide bonds. The lowest BCUT2D eigenvalue weighted by atomic mass is 10.0. The maximum Gasteiger partial charge on any atom is 0.247 e. The van der Waals surface area contributed by atoms with Crippen molar-refractivity contribution >= 4 is 17.0 Å². The third kappa shape index (κ3) is 6.02. The fraction of sp³-hybridized carbons (Fsp3) is 0.688. The zero-order chi connectivity index (χ0) is 15.8. The fourth-order valence-corrected chi connectivity index (χ4v) is 3.57. The van der Waals surface area contributed by atoms with Crippen LogP contribution in [0.5, 0.6) is 0 Å². The first-order valence-corrected chi connectivity index (χ1v) is 9.27. The summed E-state index contributed by atoms with van der Waals surface area (Å²) in [7, 11) is 0. The van der Waals surface area contributed by atoms with Crippen molar-refractivity contribution in [2.24, 2.45) is 0 Å². The molecular weight excluding hydrogens is 300 g/mol. The number of hydrogen-bond donors (Lipinski definition) is 2. The third-order valence-electron chi connectivity index (χ3n) is 4.27. The summed E-state index contributed by atoms with van der Waals surface area (Å²) < 4.78 is 21.5. The highest BCUT2D eigenvalue weighted by Gasteiger charge is 2.19. The molecule has 2 N–H and O–H groups in total. The van der Waals surface area contributed by atoms with Crippen LogP contribution in [0.25, 0.3) is 0 Å². The molecule has 0 aromatic rings. The monoisotopic (exact) mass is 325 g/mol. The largest absolute Gasteiger partial charge is 0.769 e. The molecule has 2 atom stereocenters. The SMILES string of the molecule is O=C(NC1CCC/C(=C/S(=O)[O-])CC1)/C1=C\CCNCCC1. The minimum Gasteiger partial charge on any atom is -0.769 e. The topological polar surface area (TPSA) is 81.3 Å². The molecule has 22 heavy (non-hydrogen) atoms. The van der Waals surface area contributed by atoms with E-state index in [0.29, 0.717) is 0 Å². The molecule has 0 aromatic heterocycles. The minimum absolute atomic E-state index is 0.0618. The number of carbonyl (C=O) groups excluding carboxylic acids is 1. The maximum absolute atomic E-state index is 12.4. The van der Waals surface area contributed by atoms with Gasteiger partial charge in [0.05, 0.1) is 0 Å². The molecule has 1 aliphatic carbocycles. The zero-order valence-corrected chi connectivity index (χ0v) is 13.8. The fourth-order valence-electron chi connectivity index (χ4n) is 3.07. The van der Waals surface area contributed by atoms with E-state index in [4.69, 9.17) is 0 Å². The molecule has 2 aliphatic rings. The van der Waals surface area contributed by atoms with Crippen LogP contribution in [0.4, 0.5) is 0 Å². The van der Waals surface area contributed by atoms with Crippen LogP contribution in [0.3, 0.4) is 0 Å². The van der Waals surface area contributed by atoms with Crippen LogP contribution in [0.1, 0.15) is 51.4 Å². The summed E-state index contributed by atoms with van der Waals surface area (Å²) in [6.45, 7) is 1.90. The zero-order valence-electron chi connectivity index (χ0n) is 12.9. The molecule has 2 rings (SSSR count). The summed E-state index contributed by atoms with van der Waals surface area (Å²) in [5.74, 6) is 0.0618. The van der Waals surface area contributed by atoms with Crippen molar-refractivity contribution in [2.75, 3.05) is 13.1 Å². The molecular formula is C16H25N2O3S-. The molecule has 124 valence electrons. The van der Waals surface area contributed by atoms with E-state index in [9.17, 15) is 13.6 Å². The number of allylic oxidation sites excluding steroid dienone is 1. The molecule has 5 nitrogen and oxygen atoms in total. The second-order valence-electron chi connectivity index (χ2n) is 6.01. The van der Waals surface area contributed by atoms with Gasteiger partial charge in [-0.1, -0.05) is 11.6 Å². The lowest BCUT2D eigenvalue weighted by Gasteiger charge is -2.18. The van der Waals surface area contributed by atoms with Gasteiger partial charge >= 0.3 is 0 Å². The molecule has 0 radical (unpaired) electrons. The van der Waals surface area contributed by atoms with Crippen molar-refractivity contribution in [3.05, 3.63) is 22.6 Å². The van der Waals surface area contributed by atoms with E-state index in [2.05, 4.69) is 10.6 Å². The van der Waals surface area contributed by atoms with Crippen molar-refractivity contribution in [1.82, 2.24) is 10.6 Å². The highest BCUT2D eigenvalue weighted by molar-refractivity contribution is 7.82. The molecule has 0 saturated heterocycles. The summed E-state index contributed by atoms with van der Waals surface area (Å²) in [6.07, 6.45) is 9.00. The average molecular weight is 325 g/mol. The van der Waals surface area contributed by atoms with Crippen molar-refractivity contribution in [3.63, 3.8) is 0 Å². The van der Waals surface area contributed by atoms with Gasteiger partial charge in [-0.05, 0) is 80.9 Å². The Morgan fingerprint density at radius 3 is 2.95 bits per heavy atom. The van der Waals surface area contributed by atoms with Crippen LogP contribution in [0, 0.1) is 0 Å². The van der Waals surface area contributed by atoms with E-state index in [1.807, 2.05) is 6.08 Å². The molecule has 0 aromatic carbocycles. The van der Waals surface area contributed by atoms with Crippen LogP contribution in [0.15, 0.2) is 22.6 Å². The third-order valence-corrected chi connectivity index (χ3v) is 4.79. The first-order valence-electron chi connectivity index (χ1n) is 8.13. The molecule has 6 heteroatoms. The average Bonchev–Trinajstić information content (AvgIpc) is 2.63. The summed E-state index contributed by atoms with van der Waals surface area (Å²) in [5, 5.41) is 7.79. The van der Waals surface area contributed by atoms with Crippen LogP contribution in [-0.2, 0) is 15.9 Å². The number of carbonyl (C=O) groups is 1. The minimum atomic E-state index is -2.11. The first kappa shape index (κ1) is 17.4. The number of rotatable bonds is 3. The quantitative estimate of drug-likeness (QED) is 0.613. The van der Waals surface area contributed by atoms with E-state index in [1.165, 1.54) is 5.41 Å². The molecule has 1 heterocycles. The Morgan fingerprint density at radius 1 is 1.27 bits per heavy atom. The van der Waals surface area contributed by atoms with Gasteiger partial charge in [-0.15, -0.1) is 0 Å². The number of hydrogen-bond acceptors (Lipinski definition) is 4. The Balaban J connectivity index is 1.87. The van der Waals surface area contributed by atoms with Crippen LogP contribution < -0.4 is 10.6 Å². The second-order valence-corrected chi connectivity index (χ2v) is 6.77. The van der Waals surface area contributed by atoms with Crippen molar-refractivity contribution in [1.29, 1.82) is 0 Å². The highest BCUT2D eigenvalue weighted by atomic mass is 32.2. The van der Waals surface area contributed by atoms with Gasteiger partial charge in [-0.3, -0.25) is 9.00 Å². The van der Waals surface area contributed by atoms with E-state index < -0.39 is 11.1 Å². The van der Waals surface area contributed by atoms with Crippen LogP contribution in [0.2, 0.25) is 0 Å². The summed E-state index contributed by atoms with van der Waals surface area (Å²) in [6, 6.07) is 0.156. The van der Waals surface area contributed by atoms with E-state index in [1.54, 1.807) is 0 Å². The second kappa shape index (κ2) is 9.22. The van der Waals surface area contributed by atoms with Gasteiger partial charge in [-0.25, -0.2) is 0 Å². The maximum atomic E-state index is 12.4. The Bertz CT molecular complexity index is 474. The Kier molecular flexibility index (Phi) is 7.29. The lowest BCUT2D eigenvalue weighted by molar-refractivity contribution is -0.118. The van der Waals surface area contributed by atoms with Crippen LogP contribution >= 0.6 is 0 Å². The van der Waals surface area contributed by atoms with E-state index in [0.717, 1.165) is 75.6 Å². The molecule has 0 spiro atoms. The Hall–Kier alpha value is -0.980. The molecule has 1 fully saturated rings. The smallest absolute Gasteiger partial charge is 0.247 e. The van der Waals surface area contributed by atoms with Gasteiger partial charge in [0.1, 0.15) is 0 Å². The molecule has 2 unspecified atom stereocenters. The predicted molar refractivity (Wildman–Crippen MR) is 86.8 cm³/mol. The van der Waals surface area contributed by atoms with Gasteiger partial charge in [-0.2, -0.15) is 0 Å². The predicted octanol–water partition coefficient (Wildman–Crippen LogP) is 1.90. The molecule has 1 aliphatic heterocycles. The van der Waals surface area contributed by atoms with Gasteiger partial charge in [0.2, 0.25) is 5.91 Å². The van der Waals surface area contributed by atoms with Crippen molar-refractivity contribution in [3.8, 4) is 0 Å². The van der Waals surface area contributed by atoms with Gasteiger partial charge < -0.3 is 15.2 Å². The van der Waals surface area contributed by atoms with E-state index in [-0.39, 0.29) is 11.9 Å². The number of amides is 1. The highest BCUT2D eigenvalue weighted by Crippen LogP contribution is 2.23. The van der Waals surface area contributed by atoms with Crippen LogP contribution in [-0.4, -0.2) is 33.8 Å². The standard InChI is InChI=1S/C16H26N2O3S/c19-16(14-5-2-10-17-11-3-6-14)18-15-7-1-4-13(8-9-15)12-22(20)21/h5,12,15,17H,1-4,6-11H2,(H,18,19)(H,20,21)/p-1/b13-12-,14-5-. The van der Waals surface area contributed by atoms with Gasteiger partial charge in [0, 0.05) is 11.6 Å². The Labute approximate surface area is 134 Å². The van der Waals surface area contributed by atoms with E-state index >= 15 is 0 Å². The Morgan fingerprint density at radius 2 is 2.14 bits per heavy atom. The normalized spacial score (nSPS) is 29.6. The molecule has 1 saturated carbocycles. The summed E-state index contributed by atoms with van der Waals surface area (Å²) >= 11 is -2.11. The number of nitrogens with one attached hydrogen (secondary N) is 2. The summed E-state index contributed by atoms with van der Waals surface area (Å²) in [4.78, 5) is 12.4. The summed E-state index contributed by atoms with van der Waals surface area (Å²) in [5.41, 5.74) is 1.88. The van der Waals surface area contributed by atoms with Crippen molar-refractivity contribution in [2.45, 2.75) is 57.4 Å². The van der Waals surface area contributed by atoms with Crippen molar-refractivity contribution < 1.29 is 13.6 Å². The lowest BCUT2D eigenvalue weighted by Crippen LogP contribution is -2.36. The molecule has 0 bridgehead atoms. The first-order chi connectivity index (χ1) is 10.6. The van der Waals surface area contributed by atoms with Gasteiger partial charge in [0.15, 0.2) is 0 Å². The van der Waals surface area contributed by atoms with Gasteiger partial charge in [0.25, 0.3) is 0 Å².